The molecule has 9 aromatic rings. The van der Waals surface area contributed by atoms with E-state index in [1.165, 1.54) is 18.2 Å². The average molecular weight is 2100 g/mol. The predicted molar refractivity (Wildman–Crippen MR) is 550 cm³/mol. The lowest BCUT2D eigenvalue weighted by molar-refractivity contribution is -0.138. The molecular weight excluding hydrogens is 1970 g/mol. The summed E-state index contributed by atoms with van der Waals surface area (Å²) in [5, 5.41) is 140. The van der Waals surface area contributed by atoms with Crippen LogP contribution in [0.15, 0.2) is 182 Å². The first-order valence-corrected chi connectivity index (χ1v) is 45.3. The van der Waals surface area contributed by atoms with Crippen LogP contribution in [0.1, 0.15) is 127 Å². The van der Waals surface area contributed by atoms with Gasteiger partial charge in [-0.2, -0.15) is 13.2 Å². The number of para-hydroxylation sites is 2. The maximum atomic E-state index is 16.6. The Bertz CT molecular complexity index is 6010. The van der Waals surface area contributed by atoms with Gasteiger partial charge in [0.25, 0.3) is 23.6 Å². The number of anilines is 5. The fraction of sp³-hybridized carbons (Fsp3) is 0.370. The third-order valence-corrected chi connectivity index (χ3v) is 27.6. The molecule has 762 valence electrons. The highest BCUT2D eigenvalue weighted by Gasteiger charge is 2.60. The zero-order valence-corrected chi connectivity index (χ0v) is 83.5. The molecule has 0 bridgehead atoms. The van der Waals surface area contributed by atoms with Gasteiger partial charge in [0, 0.05) is 225 Å². The molecule has 31 nitrogen and oxygen atoms in total. The van der Waals surface area contributed by atoms with Gasteiger partial charge >= 0.3 is 12.1 Å². The molecule has 0 saturated carbocycles. The summed E-state index contributed by atoms with van der Waals surface area (Å²) in [4.78, 5) is 95.1. The third kappa shape index (κ3) is 24.1. The van der Waals surface area contributed by atoms with Crippen molar-refractivity contribution in [3.05, 3.63) is 270 Å². The number of primary amides is 4. The van der Waals surface area contributed by atoms with Gasteiger partial charge in [0.1, 0.15) is 28.7 Å². The first-order valence-electron chi connectivity index (χ1n) is 44.9. The highest BCUT2D eigenvalue weighted by atomic mass is 35.5. The number of hydrogen-bond acceptors (Lipinski definition) is 27. The average Bonchev–Trinajstić information content (AvgIpc) is 0.675. The number of phenols is 4. The molecule has 0 spiro atoms. The molecule has 5 fully saturated rings. The number of carbonyl (C=O) groups excluding carboxylic acids is 5. The minimum Gasteiger partial charge on any atom is -0.507 e. The van der Waals surface area contributed by atoms with Crippen molar-refractivity contribution in [1.82, 2.24) is 24.5 Å². The van der Waals surface area contributed by atoms with Crippen molar-refractivity contribution in [2.45, 2.75) is 61.6 Å². The summed E-state index contributed by atoms with van der Waals surface area (Å²) in [6.45, 7) is 7.90. The number of amides is 4. The quantitative estimate of drug-likeness (QED) is 0.0186. The number of aliphatic hydroxyl groups excluding tert-OH is 5. The van der Waals surface area contributed by atoms with Gasteiger partial charge in [0.05, 0.1) is 83.5 Å². The number of hydrogen-bond donors (Lipinski definition) is 14. The predicted octanol–water partition coefficient (Wildman–Crippen LogP) is 10.2. The molecule has 9 aromatic carbocycles. The van der Waals surface area contributed by atoms with E-state index < -0.39 is 174 Å². The number of piperazine rings is 5. The van der Waals surface area contributed by atoms with E-state index in [0.717, 1.165) is 102 Å². The Kier molecular flexibility index (Phi) is 38.8. The Labute approximate surface area is 857 Å². The number of esters is 1. The SMILES string of the molecule is COC(=O)C1=CC(c2cc(C(O)CN3CCN(c4ccc(Cl)cc4)CC3)cc(C(N)=O)c2O)(C(O)CN2CCN(c3ccccc3C)CC2)C(c2cc(C(O)CN3CCN(c4ccc(OC)cc4)CC3)cc(C(N)=O)c2O)=C(c2cc(C(O)CN3CCN(c4cccc(C(F)(F)F)c4)CC3)cc(C(N)=O)c2O)C1(O)c1cc(C(O)CN2CCN(c3ccccc3C)CC2)cc(C(N)=O)c1O.Cl.Cl.Cl.Cl.Cl.Cl. The van der Waals surface area contributed by atoms with Crippen molar-refractivity contribution in [1.29, 1.82) is 0 Å². The van der Waals surface area contributed by atoms with Gasteiger partial charge in [-0.25, -0.2) is 4.79 Å². The lowest BCUT2D eigenvalue weighted by atomic mass is 9.56. The fourth-order valence-electron chi connectivity index (χ4n) is 19.8. The van der Waals surface area contributed by atoms with E-state index in [1.54, 1.807) is 33.9 Å². The number of ether oxygens (including phenoxy) is 2. The zero-order chi connectivity index (χ0) is 96.4. The Morgan fingerprint density at radius 1 is 0.397 bits per heavy atom. The highest BCUT2D eigenvalue weighted by molar-refractivity contribution is 6.30. The van der Waals surface area contributed by atoms with Crippen molar-refractivity contribution in [2.24, 2.45) is 22.9 Å². The van der Waals surface area contributed by atoms with Crippen LogP contribution in [-0.2, 0) is 26.7 Å². The van der Waals surface area contributed by atoms with Crippen LogP contribution in [0.5, 0.6) is 28.7 Å². The van der Waals surface area contributed by atoms with Crippen LogP contribution in [0.2, 0.25) is 5.02 Å². The monoisotopic (exact) mass is 2090 g/mol. The number of halogens is 10. The molecule has 7 unspecified atom stereocenters. The number of benzene rings is 9. The van der Waals surface area contributed by atoms with E-state index >= 15 is 15.0 Å². The molecule has 5 aliphatic heterocycles. The Hall–Kier alpha value is -10.8. The van der Waals surface area contributed by atoms with Gasteiger partial charge in [0.15, 0.2) is 5.60 Å². The molecule has 15 rings (SSSR count). The number of alkyl halides is 3. The molecule has 4 amide bonds. The topological polar surface area (TPSA) is 443 Å². The largest absolute Gasteiger partial charge is 0.507 e. The maximum absolute atomic E-state index is 16.6. The molecule has 0 radical (unpaired) electrons. The fourth-order valence-corrected chi connectivity index (χ4v) is 20.0. The summed E-state index contributed by atoms with van der Waals surface area (Å²) in [6, 6.07) is 43.5. The minimum absolute atomic E-state index is 0. The highest BCUT2D eigenvalue weighted by Crippen LogP contribution is 2.64. The van der Waals surface area contributed by atoms with Crippen molar-refractivity contribution in [3.8, 4) is 28.7 Å². The van der Waals surface area contributed by atoms with Crippen LogP contribution in [0.25, 0.3) is 11.1 Å². The van der Waals surface area contributed by atoms with Gasteiger partial charge in [-0.05, 0) is 180 Å². The Balaban J connectivity index is 0.00000370. The van der Waals surface area contributed by atoms with Crippen molar-refractivity contribution >= 4 is 155 Å². The minimum atomic E-state index is -4.67. The van der Waals surface area contributed by atoms with Crippen LogP contribution in [-0.4, -0.2) is 289 Å². The first-order chi connectivity index (χ1) is 64.4. The number of carbonyl (C=O) groups is 5. The van der Waals surface area contributed by atoms with Gasteiger partial charge in [0.2, 0.25) is 0 Å². The van der Waals surface area contributed by atoms with Crippen LogP contribution in [0, 0.1) is 13.8 Å². The third-order valence-electron chi connectivity index (χ3n) is 27.3. The van der Waals surface area contributed by atoms with Crippen molar-refractivity contribution < 1.29 is 97.7 Å². The summed E-state index contributed by atoms with van der Waals surface area (Å²) in [6.07, 6.45) is -13.2. The number of aromatic hydroxyl groups is 4. The van der Waals surface area contributed by atoms with Crippen LogP contribution in [0.3, 0.4) is 0 Å². The van der Waals surface area contributed by atoms with Crippen molar-refractivity contribution in [3.63, 3.8) is 0 Å². The summed E-state index contributed by atoms with van der Waals surface area (Å²) in [5.74, 6) is -11.4. The molecular formula is C100H120Cl7F3N14O17. The number of rotatable bonds is 30. The van der Waals surface area contributed by atoms with E-state index in [0.29, 0.717) is 89.3 Å². The van der Waals surface area contributed by atoms with E-state index in [9.17, 15) is 73.2 Å². The number of nitrogens with two attached hydrogens (primary N) is 4. The second-order valence-corrected chi connectivity index (χ2v) is 35.9. The summed E-state index contributed by atoms with van der Waals surface area (Å²) in [5.41, 5.74) is 12.6. The normalized spacial score (nSPS) is 19.0. The van der Waals surface area contributed by atoms with Crippen LogP contribution < -0.4 is 52.2 Å². The molecule has 5 heterocycles. The molecule has 18 N–H and O–H groups in total. The molecule has 1 aliphatic carbocycles. The summed E-state index contributed by atoms with van der Waals surface area (Å²) >= 11 is 6.31. The number of β-amino-alcohol motifs (C(OH)–C–C–N with tert-alkyl or cyclic N) is 5. The summed E-state index contributed by atoms with van der Waals surface area (Å²) in [7, 11) is 2.43. The zero-order valence-electron chi connectivity index (χ0n) is 77.9. The molecule has 6 aliphatic rings. The molecule has 41 heteroatoms. The lowest BCUT2D eigenvalue weighted by Crippen LogP contribution is -2.55. The van der Waals surface area contributed by atoms with Gasteiger partial charge in [-0.3, -0.25) is 43.7 Å². The van der Waals surface area contributed by atoms with E-state index in [-0.39, 0.29) is 181 Å². The molecule has 141 heavy (non-hydrogen) atoms. The van der Waals surface area contributed by atoms with E-state index in [4.69, 9.17) is 44.0 Å². The number of nitrogens with zero attached hydrogens (tertiary/aromatic N) is 10. The smallest absolute Gasteiger partial charge is 0.416 e. The Morgan fingerprint density at radius 2 is 0.730 bits per heavy atom. The number of aliphatic hydroxyl groups is 6. The molecule has 7 atom stereocenters. The lowest BCUT2D eigenvalue weighted by Gasteiger charge is -2.50. The summed E-state index contributed by atoms with van der Waals surface area (Å²) < 4.78 is 53.8. The van der Waals surface area contributed by atoms with E-state index in [2.05, 4.69) is 19.6 Å². The molecule has 0 aromatic heterocycles. The second kappa shape index (κ2) is 48.1. The molecule has 5 saturated heterocycles. The number of methoxy groups -OCH3 is 2. The number of aryl methyl sites for hydroxylation is 2. The van der Waals surface area contributed by atoms with Crippen LogP contribution in [0.4, 0.5) is 41.6 Å². The van der Waals surface area contributed by atoms with Gasteiger partial charge < -0.3 is 108 Å². The first kappa shape index (κ1) is 114. The standard InChI is InChI=1S/C100H114ClF3N14O17.6ClH/c1-59-10-5-7-14-80(59)117-40-30-112(31-41-117)57-85(122)64-49-76(96(108)131)92(127)78(51-64)99(133)79(97(132)135-4)53-98(86(123)58-113-32-42-118(43-33-113)81-15-8-6-11-60(81)2,77-50-63(48-75(91(77)126)95(107)130)84(121)56-110-24-34-114(35-25-110)67-18-16-66(101)17-19-67)87(71-44-61(46-73(89(71)124)93(105)128)82(119)54-109-26-36-115(37-27-109)68-20-22-70(134-3)23-21-68)88(99)72-45-62(47-74(90(72)125)94(106)129)83(120)55-111-28-38-116(39-29-111)69-13-9-12-65(52-69)100(102,103)104;;;;;;/h5-23,44-53,82-86,119-127,133H,24-43,54-58H2,1-4H3,(H2,105,128)(H2,106,129)(H2,107,130)(H2,108,131);6*1H. The van der Waals surface area contributed by atoms with Crippen LogP contribution >= 0.6 is 86.0 Å². The van der Waals surface area contributed by atoms with Gasteiger partial charge in [-0.1, -0.05) is 60.1 Å². The maximum Gasteiger partial charge on any atom is 0.416 e. The van der Waals surface area contributed by atoms with Crippen molar-refractivity contribution in [2.75, 3.05) is 202 Å². The Morgan fingerprint density at radius 3 is 1.10 bits per heavy atom. The van der Waals surface area contributed by atoms with E-state index in [1.807, 2.05) is 113 Å². The second-order valence-electron chi connectivity index (χ2n) is 35.5. The van der Waals surface area contributed by atoms with Gasteiger partial charge in [-0.15, -0.1) is 74.4 Å².